The van der Waals surface area contributed by atoms with Crippen molar-refractivity contribution in [1.29, 1.82) is 0 Å². The van der Waals surface area contributed by atoms with Gasteiger partial charge in [0, 0.05) is 0 Å². The third-order valence-electron chi connectivity index (χ3n) is 2.57. The number of ether oxygens (including phenoxy) is 2. The van der Waals surface area contributed by atoms with Crippen LogP contribution < -0.4 is 0 Å². The fraction of sp³-hybridized carbons (Fsp3) is 1.00. The Kier molecular flexibility index (Phi) is 5.29. The molecule has 0 aliphatic carbocycles. The van der Waals surface area contributed by atoms with Gasteiger partial charge in [0.25, 0.3) is 10.1 Å². The van der Waals surface area contributed by atoms with Gasteiger partial charge in [-0.25, -0.2) is 0 Å². The molecule has 0 aromatic carbocycles. The van der Waals surface area contributed by atoms with E-state index < -0.39 is 53.5 Å². The maximum absolute atomic E-state index is 11.1. The van der Waals surface area contributed by atoms with Gasteiger partial charge in [0.05, 0.1) is 19.5 Å². The summed E-state index contributed by atoms with van der Waals surface area (Å²) < 4.78 is 37.8. The second kappa shape index (κ2) is 6.00. The highest BCUT2D eigenvalue weighted by Gasteiger charge is 2.49. The van der Waals surface area contributed by atoms with Gasteiger partial charge in [-0.2, -0.15) is 8.42 Å². The molecule has 0 spiro atoms. The third-order valence-corrected chi connectivity index (χ3v) is 3.17. The van der Waals surface area contributed by atoms with Crippen LogP contribution in [0.3, 0.4) is 0 Å². The van der Waals surface area contributed by atoms with Crippen molar-refractivity contribution in [3.05, 3.63) is 0 Å². The van der Waals surface area contributed by atoms with E-state index in [-0.39, 0.29) is 0 Å². The van der Waals surface area contributed by atoms with Crippen molar-refractivity contribution in [1.82, 2.24) is 0 Å². The average Bonchev–Trinajstić information content (AvgIpc) is 2.60. The van der Waals surface area contributed by atoms with Crippen molar-refractivity contribution >= 4 is 10.1 Å². The summed E-state index contributed by atoms with van der Waals surface area (Å²) in [7, 11) is -3.81. The van der Waals surface area contributed by atoms with Crippen LogP contribution in [0.4, 0.5) is 0 Å². The Hall–Kier alpha value is -0.290. The number of aliphatic hydroxyl groups is 3. The summed E-state index contributed by atoms with van der Waals surface area (Å²) in [5, 5.41) is 27.8. The Morgan fingerprint density at radius 1 is 1.21 bits per heavy atom. The predicted octanol–water partition coefficient (Wildman–Crippen LogP) is -1.80. The number of hydrogen-bond donors (Lipinski definition) is 3. The molecule has 4 atom stereocenters. The van der Waals surface area contributed by atoms with Crippen LogP contribution in [0.25, 0.3) is 0 Å². The van der Waals surface area contributed by atoms with Crippen molar-refractivity contribution in [3.63, 3.8) is 0 Å². The molecule has 114 valence electrons. The summed E-state index contributed by atoms with van der Waals surface area (Å²) in [4.78, 5) is 0. The molecule has 9 heteroatoms. The van der Waals surface area contributed by atoms with E-state index in [0.717, 1.165) is 6.26 Å². The summed E-state index contributed by atoms with van der Waals surface area (Å²) in [6, 6.07) is 0. The van der Waals surface area contributed by atoms with Crippen molar-refractivity contribution in [2.75, 3.05) is 19.5 Å². The second-order valence-corrected chi connectivity index (χ2v) is 6.44. The normalized spacial score (nSPS) is 30.2. The van der Waals surface area contributed by atoms with E-state index in [0.29, 0.717) is 0 Å². The minimum Gasteiger partial charge on any atom is -0.394 e. The van der Waals surface area contributed by atoms with E-state index in [1.165, 1.54) is 0 Å². The zero-order valence-electron chi connectivity index (χ0n) is 11.0. The first kappa shape index (κ1) is 16.8. The topological polar surface area (TPSA) is 123 Å². The molecule has 0 bridgehead atoms. The van der Waals surface area contributed by atoms with Crippen LogP contribution in [-0.2, 0) is 23.8 Å². The van der Waals surface area contributed by atoms with Crippen LogP contribution >= 0.6 is 0 Å². The van der Waals surface area contributed by atoms with E-state index in [2.05, 4.69) is 0 Å². The molecule has 8 nitrogen and oxygen atoms in total. The van der Waals surface area contributed by atoms with Crippen LogP contribution in [0.15, 0.2) is 0 Å². The minimum atomic E-state index is -3.81. The van der Waals surface area contributed by atoms with Crippen LogP contribution in [0.5, 0.6) is 0 Å². The number of aliphatic hydroxyl groups excluding tert-OH is 3. The standard InChI is InChI=1S/C10H20O8S/c1-10(2)16-8(6(13)4-11)9(17-10)7(5-12)18-19(3,14)15/h6-9,11-13H,4-5H2,1-3H3/t6-,7-,8-,9-/m1/s1. The summed E-state index contributed by atoms with van der Waals surface area (Å²) in [5.41, 5.74) is 0. The molecule has 1 heterocycles. The zero-order chi connectivity index (χ0) is 14.8. The van der Waals surface area contributed by atoms with E-state index in [9.17, 15) is 18.6 Å². The fourth-order valence-corrected chi connectivity index (χ4v) is 2.54. The van der Waals surface area contributed by atoms with Gasteiger partial charge < -0.3 is 24.8 Å². The highest BCUT2D eigenvalue weighted by atomic mass is 32.2. The first-order valence-electron chi connectivity index (χ1n) is 5.73. The summed E-state index contributed by atoms with van der Waals surface area (Å²) in [6.07, 6.45) is -3.67. The largest absolute Gasteiger partial charge is 0.394 e. The Labute approximate surface area is 112 Å². The third kappa shape index (κ3) is 4.63. The Balaban J connectivity index is 2.92. The molecule has 3 N–H and O–H groups in total. The van der Waals surface area contributed by atoms with Gasteiger partial charge in [-0.15, -0.1) is 0 Å². The van der Waals surface area contributed by atoms with E-state index >= 15 is 0 Å². The molecule has 0 amide bonds. The fourth-order valence-electron chi connectivity index (χ4n) is 1.92. The smallest absolute Gasteiger partial charge is 0.264 e. The van der Waals surface area contributed by atoms with Crippen LogP contribution in [0.2, 0.25) is 0 Å². The average molecular weight is 300 g/mol. The first-order valence-corrected chi connectivity index (χ1v) is 7.55. The lowest BCUT2D eigenvalue weighted by molar-refractivity contribution is -0.162. The first-order chi connectivity index (χ1) is 8.59. The van der Waals surface area contributed by atoms with Crippen LogP contribution in [0.1, 0.15) is 13.8 Å². The van der Waals surface area contributed by atoms with E-state index in [4.69, 9.17) is 18.8 Å². The molecule has 0 radical (unpaired) electrons. The Morgan fingerprint density at radius 3 is 2.16 bits per heavy atom. The van der Waals surface area contributed by atoms with Gasteiger partial charge in [-0.05, 0) is 13.8 Å². The van der Waals surface area contributed by atoms with Crippen LogP contribution in [0, 0.1) is 0 Å². The van der Waals surface area contributed by atoms with Crippen molar-refractivity contribution in [3.8, 4) is 0 Å². The summed E-state index contributed by atoms with van der Waals surface area (Å²) in [6.45, 7) is 1.92. The predicted molar refractivity (Wildman–Crippen MR) is 63.7 cm³/mol. The SMILES string of the molecule is CC1(C)O[C@H]([C@H](O)CO)[C@@H]([C@@H](CO)OS(C)(=O)=O)O1. The minimum absolute atomic E-state index is 0.586. The monoisotopic (exact) mass is 300 g/mol. The molecule has 0 unspecified atom stereocenters. The molecule has 1 saturated heterocycles. The summed E-state index contributed by atoms with van der Waals surface area (Å²) in [5.74, 6) is -1.08. The Morgan fingerprint density at radius 2 is 1.74 bits per heavy atom. The molecule has 1 rings (SSSR count). The molecule has 1 aliphatic rings. The highest BCUT2D eigenvalue weighted by molar-refractivity contribution is 7.86. The van der Waals surface area contributed by atoms with Crippen molar-refractivity contribution in [2.24, 2.45) is 0 Å². The summed E-state index contributed by atoms with van der Waals surface area (Å²) >= 11 is 0. The van der Waals surface area contributed by atoms with Crippen molar-refractivity contribution in [2.45, 2.75) is 44.1 Å². The number of rotatable bonds is 6. The lowest BCUT2D eigenvalue weighted by Crippen LogP contribution is -2.46. The molecule has 1 fully saturated rings. The maximum Gasteiger partial charge on any atom is 0.264 e. The van der Waals surface area contributed by atoms with Crippen LogP contribution in [-0.4, -0.2) is 73.4 Å². The van der Waals surface area contributed by atoms with Gasteiger partial charge in [-0.3, -0.25) is 4.18 Å². The molecular weight excluding hydrogens is 280 g/mol. The van der Waals surface area contributed by atoms with Crippen molar-refractivity contribution < 1.29 is 37.4 Å². The quantitative estimate of drug-likeness (QED) is 0.491. The lowest BCUT2D eigenvalue weighted by Gasteiger charge is -2.26. The molecular formula is C10H20O8S. The highest BCUT2D eigenvalue weighted by Crippen LogP contribution is 2.32. The van der Waals surface area contributed by atoms with Gasteiger partial charge in [0.2, 0.25) is 0 Å². The molecule has 19 heavy (non-hydrogen) atoms. The van der Waals surface area contributed by atoms with Gasteiger partial charge in [0.15, 0.2) is 5.79 Å². The lowest BCUT2D eigenvalue weighted by atomic mass is 10.0. The van der Waals surface area contributed by atoms with Gasteiger partial charge in [-0.1, -0.05) is 0 Å². The van der Waals surface area contributed by atoms with E-state index in [1.54, 1.807) is 13.8 Å². The zero-order valence-corrected chi connectivity index (χ0v) is 11.8. The number of hydrogen-bond acceptors (Lipinski definition) is 8. The van der Waals surface area contributed by atoms with Gasteiger partial charge >= 0.3 is 0 Å². The molecule has 1 aliphatic heterocycles. The molecule has 0 aromatic rings. The van der Waals surface area contributed by atoms with Gasteiger partial charge in [0.1, 0.15) is 24.4 Å². The molecule has 0 saturated carbocycles. The Bertz CT molecular complexity index is 392. The second-order valence-electron chi connectivity index (χ2n) is 4.84. The van der Waals surface area contributed by atoms with E-state index in [1.807, 2.05) is 0 Å². The maximum atomic E-state index is 11.1. The molecule has 0 aromatic heterocycles.